The van der Waals surface area contributed by atoms with E-state index in [1.54, 1.807) is 36.7 Å². The molecule has 0 spiro atoms. The van der Waals surface area contributed by atoms with E-state index in [0.29, 0.717) is 33.5 Å². The number of carbonyl (C=O) groups excluding carboxylic acids is 1. The molecule has 1 aliphatic heterocycles. The maximum absolute atomic E-state index is 13.2. The lowest BCUT2D eigenvalue weighted by Crippen LogP contribution is -2.45. The maximum atomic E-state index is 13.2. The zero-order valence-electron chi connectivity index (χ0n) is 21.7. The summed E-state index contributed by atoms with van der Waals surface area (Å²) < 4.78 is 67.0. The number of carbonyl (C=O) groups is 1. The van der Waals surface area contributed by atoms with Crippen LogP contribution in [-0.2, 0) is 34.1 Å². The summed E-state index contributed by atoms with van der Waals surface area (Å²) in [5.41, 5.74) is 1.55. The number of aromatic nitrogens is 2. The molecule has 1 atom stereocenters. The van der Waals surface area contributed by atoms with Gasteiger partial charge in [0, 0.05) is 37.6 Å². The molecule has 2 N–H and O–H groups in total. The van der Waals surface area contributed by atoms with Crippen LogP contribution < -0.4 is 10.6 Å². The van der Waals surface area contributed by atoms with Gasteiger partial charge >= 0.3 is 6.18 Å². The summed E-state index contributed by atoms with van der Waals surface area (Å²) in [4.78, 5) is 21.8. The number of amides is 1. The maximum Gasteiger partial charge on any atom is 0.416 e. The molecule has 42 heavy (non-hydrogen) atoms. The molecular formula is C28H23ClF3N5O3S2. The lowest BCUT2D eigenvalue weighted by atomic mass is 10.1. The van der Waals surface area contributed by atoms with Gasteiger partial charge in [0.15, 0.2) is 0 Å². The number of hydrogen-bond acceptors (Lipinski definition) is 7. The Bertz CT molecular complexity index is 1710. The zero-order chi connectivity index (χ0) is 29.9. The summed E-state index contributed by atoms with van der Waals surface area (Å²) in [6.07, 6.45) is 1.98. The summed E-state index contributed by atoms with van der Waals surface area (Å²) in [7, 11) is -3.95. The third-order valence-corrected chi connectivity index (χ3v) is 9.90. The molecule has 1 amide bonds. The van der Waals surface area contributed by atoms with E-state index in [4.69, 9.17) is 11.6 Å². The Balaban J connectivity index is 1.36. The van der Waals surface area contributed by atoms with Crippen LogP contribution in [-0.4, -0.2) is 41.2 Å². The molecule has 0 fully saturated rings. The van der Waals surface area contributed by atoms with Crippen LogP contribution >= 0.6 is 22.9 Å². The van der Waals surface area contributed by atoms with Crippen molar-refractivity contribution in [2.75, 3.05) is 11.9 Å². The van der Waals surface area contributed by atoms with Crippen molar-refractivity contribution < 1.29 is 26.4 Å². The Kier molecular flexibility index (Phi) is 8.64. The van der Waals surface area contributed by atoms with Gasteiger partial charge in [0.05, 0.1) is 15.6 Å². The van der Waals surface area contributed by atoms with E-state index >= 15 is 0 Å². The first kappa shape index (κ1) is 29.7. The smallest absolute Gasteiger partial charge is 0.366 e. The van der Waals surface area contributed by atoms with Gasteiger partial charge in [-0.2, -0.15) is 17.5 Å². The Hall–Kier alpha value is -3.78. The molecule has 218 valence electrons. The Labute approximate surface area is 248 Å². The van der Waals surface area contributed by atoms with Crippen LogP contribution in [0.15, 0.2) is 89.4 Å². The van der Waals surface area contributed by atoms with Crippen molar-refractivity contribution in [2.24, 2.45) is 0 Å². The first-order valence-electron chi connectivity index (χ1n) is 12.5. The van der Waals surface area contributed by atoms with Crippen molar-refractivity contribution in [3.05, 3.63) is 106 Å². The number of thiophene rings is 1. The van der Waals surface area contributed by atoms with Gasteiger partial charge in [-0.1, -0.05) is 42.0 Å². The highest BCUT2D eigenvalue weighted by atomic mass is 35.5. The summed E-state index contributed by atoms with van der Waals surface area (Å²) in [5.74, 6) is -0.104. The highest BCUT2D eigenvalue weighted by Crippen LogP contribution is 2.32. The standard InChI is InChI=1S/C28H23ClF3N5O3S2/c29-24-9-10-26(41-24)42(39,40)37-12-2-4-23(37)27(38)35-17-19-13-22(20-5-7-21(8-6-20)28(30,31)32)36-25(14-19)34-16-18-3-1-11-33-15-18/h1-11,13-15,23H,12,16-17H2,(H,34,36)(H,35,38). The number of alkyl halides is 3. The highest BCUT2D eigenvalue weighted by Gasteiger charge is 2.37. The number of nitrogens with zero attached hydrogens (tertiary/aromatic N) is 3. The van der Waals surface area contributed by atoms with E-state index in [1.807, 2.05) is 6.07 Å². The number of nitrogens with one attached hydrogen (secondary N) is 2. The second kappa shape index (κ2) is 12.2. The molecule has 8 nitrogen and oxygen atoms in total. The normalized spacial score (nSPS) is 15.6. The highest BCUT2D eigenvalue weighted by molar-refractivity contribution is 7.91. The molecule has 3 aromatic heterocycles. The average molecular weight is 634 g/mol. The lowest BCUT2D eigenvalue weighted by molar-refractivity contribution is -0.137. The molecule has 1 unspecified atom stereocenters. The monoisotopic (exact) mass is 633 g/mol. The molecule has 1 aliphatic rings. The SMILES string of the molecule is O=C(NCc1cc(NCc2cccnc2)nc(-c2ccc(C(F)(F)F)cc2)c1)C1C=CCN1S(=O)(=O)c1ccc(Cl)s1. The van der Waals surface area contributed by atoms with E-state index in [-0.39, 0.29) is 17.3 Å². The van der Waals surface area contributed by atoms with Crippen molar-refractivity contribution >= 4 is 44.7 Å². The third-order valence-electron chi connectivity index (χ3n) is 6.35. The molecule has 0 aliphatic carbocycles. The molecule has 1 aromatic carbocycles. The van der Waals surface area contributed by atoms with Gasteiger partial charge in [0.25, 0.3) is 10.0 Å². The van der Waals surface area contributed by atoms with Crippen LogP contribution in [0.5, 0.6) is 0 Å². The fourth-order valence-corrected chi connectivity index (χ4v) is 7.38. The van der Waals surface area contributed by atoms with Crippen LogP contribution in [0.3, 0.4) is 0 Å². The van der Waals surface area contributed by atoms with E-state index in [0.717, 1.165) is 33.3 Å². The van der Waals surface area contributed by atoms with E-state index in [9.17, 15) is 26.4 Å². The second-order valence-corrected chi connectivity index (χ2v) is 13.1. The minimum atomic E-state index is -4.47. The number of sulfonamides is 1. The third kappa shape index (κ3) is 6.81. The van der Waals surface area contributed by atoms with Gasteiger partial charge in [-0.3, -0.25) is 9.78 Å². The zero-order valence-corrected chi connectivity index (χ0v) is 24.1. The minimum absolute atomic E-state index is 0.0135. The molecule has 0 saturated carbocycles. The van der Waals surface area contributed by atoms with E-state index < -0.39 is 33.7 Å². The van der Waals surface area contributed by atoms with Crippen LogP contribution in [0, 0.1) is 0 Å². The Morgan fingerprint density at radius 3 is 2.52 bits per heavy atom. The number of benzene rings is 1. The topological polar surface area (TPSA) is 104 Å². The van der Waals surface area contributed by atoms with Crippen LogP contribution in [0.4, 0.5) is 19.0 Å². The number of hydrogen-bond donors (Lipinski definition) is 2. The number of halogens is 4. The second-order valence-electron chi connectivity index (χ2n) is 9.26. The fourth-order valence-electron chi connectivity index (χ4n) is 4.27. The molecule has 0 bridgehead atoms. The van der Waals surface area contributed by atoms with Gasteiger partial charge in [0.1, 0.15) is 16.1 Å². The first-order valence-corrected chi connectivity index (χ1v) is 15.2. The van der Waals surface area contributed by atoms with Crippen molar-refractivity contribution in [2.45, 2.75) is 29.5 Å². The Morgan fingerprint density at radius 1 is 1.07 bits per heavy atom. The van der Waals surface area contributed by atoms with Gasteiger partial charge in [0.2, 0.25) is 5.91 Å². The number of anilines is 1. The van der Waals surface area contributed by atoms with Crippen LogP contribution in [0.1, 0.15) is 16.7 Å². The Morgan fingerprint density at radius 2 is 1.86 bits per heavy atom. The predicted octanol–water partition coefficient (Wildman–Crippen LogP) is 5.73. The summed E-state index contributed by atoms with van der Waals surface area (Å²) >= 11 is 6.83. The molecule has 5 rings (SSSR count). The molecule has 4 aromatic rings. The number of rotatable bonds is 9. The summed E-state index contributed by atoms with van der Waals surface area (Å²) in [5, 5.41) is 5.96. The van der Waals surface area contributed by atoms with E-state index in [2.05, 4.69) is 20.6 Å². The number of pyridine rings is 2. The average Bonchev–Trinajstić information content (AvgIpc) is 3.65. The summed E-state index contributed by atoms with van der Waals surface area (Å²) in [6, 6.07) is 13.5. The van der Waals surface area contributed by atoms with Gasteiger partial charge in [-0.25, -0.2) is 13.4 Å². The van der Waals surface area contributed by atoms with Gasteiger partial charge < -0.3 is 10.6 Å². The molecule has 14 heteroatoms. The largest absolute Gasteiger partial charge is 0.416 e. The molecule has 0 radical (unpaired) electrons. The van der Waals surface area contributed by atoms with Crippen molar-refractivity contribution in [1.82, 2.24) is 19.6 Å². The predicted molar refractivity (Wildman–Crippen MR) is 154 cm³/mol. The van der Waals surface area contributed by atoms with Crippen molar-refractivity contribution in [3.8, 4) is 11.3 Å². The van der Waals surface area contributed by atoms with Gasteiger partial charge in [-0.05, 0) is 53.6 Å². The minimum Gasteiger partial charge on any atom is -0.366 e. The van der Waals surface area contributed by atoms with Crippen molar-refractivity contribution in [3.63, 3.8) is 0 Å². The van der Waals surface area contributed by atoms with Gasteiger partial charge in [-0.15, -0.1) is 11.3 Å². The summed E-state index contributed by atoms with van der Waals surface area (Å²) in [6.45, 7) is 0.431. The first-order chi connectivity index (χ1) is 20.0. The fraction of sp³-hybridized carbons (Fsp3) is 0.179. The van der Waals surface area contributed by atoms with Crippen LogP contribution in [0.25, 0.3) is 11.3 Å². The molecule has 4 heterocycles. The quantitative estimate of drug-likeness (QED) is 0.228. The van der Waals surface area contributed by atoms with Crippen LogP contribution in [0.2, 0.25) is 4.34 Å². The van der Waals surface area contributed by atoms with E-state index in [1.165, 1.54) is 30.3 Å². The lowest BCUT2D eigenvalue weighted by Gasteiger charge is -2.22. The molecular weight excluding hydrogens is 611 g/mol. The molecule has 0 saturated heterocycles. The van der Waals surface area contributed by atoms with Crippen molar-refractivity contribution in [1.29, 1.82) is 0 Å².